The predicted octanol–water partition coefficient (Wildman–Crippen LogP) is 4.69. The van der Waals surface area contributed by atoms with Gasteiger partial charge in [-0.05, 0) is 42.0 Å². The largest absolute Gasteiger partial charge is 0.435 e. The molecule has 0 unspecified atom stereocenters. The fourth-order valence-electron chi connectivity index (χ4n) is 3.61. The van der Waals surface area contributed by atoms with E-state index in [4.69, 9.17) is 5.14 Å². The fourth-order valence-corrected chi connectivity index (χ4v) is 4.13. The van der Waals surface area contributed by atoms with Crippen molar-refractivity contribution in [3.05, 3.63) is 98.7 Å². The first-order chi connectivity index (χ1) is 17.3. The molecule has 15 heteroatoms. The predicted molar refractivity (Wildman–Crippen MR) is 124 cm³/mol. The van der Waals surface area contributed by atoms with E-state index in [9.17, 15) is 41.8 Å². The maximum Gasteiger partial charge on any atom is 0.435 e. The summed E-state index contributed by atoms with van der Waals surface area (Å²) in [6.07, 6.45) is -4.97. The molecule has 190 valence electrons. The summed E-state index contributed by atoms with van der Waals surface area (Å²) < 4.78 is 66.8. The molecule has 0 spiro atoms. The Kier molecular flexibility index (Phi) is 6.27. The van der Waals surface area contributed by atoms with Gasteiger partial charge >= 0.3 is 6.18 Å². The topological polar surface area (TPSA) is 164 Å². The number of nitrogens with zero attached hydrogens (tertiary/aromatic N) is 4. The van der Waals surface area contributed by atoms with E-state index in [-0.39, 0.29) is 38.8 Å². The Labute approximate surface area is 205 Å². The van der Waals surface area contributed by atoms with Gasteiger partial charge in [-0.2, -0.15) is 18.3 Å². The minimum atomic E-state index is -4.97. The molecular formula is C22H14F3N5O6S. The van der Waals surface area contributed by atoms with Crippen LogP contribution in [-0.4, -0.2) is 28.0 Å². The number of aromatic nitrogens is 2. The number of benzene rings is 3. The van der Waals surface area contributed by atoms with Gasteiger partial charge in [-0.1, -0.05) is 12.1 Å². The van der Waals surface area contributed by atoms with Crippen molar-refractivity contribution in [2.75, 3.05) is 0 Å². The molecule has 0 atom stereocenters. The fraction of sp³-hybridized carbons (Fsp3) is 0.0455. The van der Waals surface area contributed by atoms with Crippen molar-refractivity contribution >= 4 is 21.4 Å². The molecule has 0 saturated carbocycles. The van der Waals surface area contributed by atoms with Gasteiger partial charge in [0, 0.05) is 35.4 Å². The van der Waals surface area contributed by atoms with Gasteiger partial charge in [-0.3, -0.25) is 20.2 Å². The highest BCUT2D eigenvalue weighted by molar-refractivity contribution is 7.89. The highest BCUT2D eigenvalue weighted by Gasteiger charge is 2.40. The summed E-state index contributed by atoms with van der Waals surface area (Å²) in [7, 11) is -4.10. The van der Waals surface area contributed by atoms with Crippen molar-refractivity contribution in [3.63, 3.8) is 0 Å². The number of hydrogen-bond acceptors (Lipinski definition) is 7. The Morgan fingerprint density at radius 3 is 1.68 bits per heavy atom. The van der Waals surface area contributed by atoms with Crippen LogP contribution in [0, 0.1) is 20.2 Å². The van der Waals surface area contributed by atoms with Crippen LogP contribution >= 0.6 is 0 Å². The first kappa shape index (κ1) is 25.5. The Hall–Kier alpha value is -4.63. The summed E-state index contributed by atoms with van der Waals surface area (Å²) in [6.45, 7) is 0. The standard InChI is InChI=1S/C22H14F3N5O6S/c23-22(24,25)21-19(13-1-5-16(6-2-13)29(31)32)20(14-3-11-18(12-4-14)37(26,35)36)28(27-21)15-7-9-17(10-8-15)30(33)34/h1-12H,(H2,26,35,36). The van der Waals surface area contributed by atoms with Crippen LogP contribution < -0.4 is 5.14 Å². The monoisotopic (exact) mass is 533 g/mol. The van der Waals surface area contributed by atoms with Gasteiger partial charge in [-0.15, -0.1) is 0 Å². The lowest BCUT2D eigenvalue weighted by molar-refractivity contribution is -0.385. The summed E-state index contributed by atoms with van der Waals surface area (Å²) in [5, 5.41) is 30.9. The van der Waals surface area contributed by atoms with Crippen molar-refractivity contribution < 1.29 is 31.4 Å². The van der Waals surface area contributed by atoms with Crippen molar-refractivity contribution in [2.24, 2.45) is 5.14 Å². The maximum absolute atomic E-state index is 14.2. The van der Waals surface area contributed by atoms with Gasteiger partial charge in [0.05, 0.1) is 26.1 Å². The third-order valence-corrected chi connectivity index (χ3v) is 6.21. The second-order valence-corrected chi connectivity index (χ2v) is 9.19. The molecule has 0 saturated heterocycles. The molecule has 4 rings (SSSR count). The molecule has 0 aliphatic carbocycles. The van der Waals surface area contributed by atoms with Crippen LogP contribution in [-0.2, 0) is 16.2 Å². The number of alkyl halides is 3. The third-order valence-electron chi connectivity index (χ3n) is 5.28. The summed E-state index contributed by atoms with van der Waals surface area (Å²) in [6, 6.07) is 13.6. The third kappa shape index (κ3) is 5.03. The lowest BCUT2D eigenvalue weighted by Crippen LogP contribution is -2.11. The molecule has 0 fully saturated rings. The van der Waals surface area contributed by atoms with Crippen LogP contribution in [0.25, 0.3) is 28.1 Å². The highest BCUT2D eigenvalue weighted by atomic mass is 32.2. The van der Waals surface area contributed by atoms with Crippen LogP contribution in [0.4, 0.5) is 24.5 Å². The second-order valence-electron chi connectivity index (χ2n) is 7.63. The van der Waals surface area contributed by atoms with Gasteiger partial charge < -0.3 is 0 Å². The van der Waals surface area contributed by atoms with Crippen LogP contribution in [0.2, 0.25) is 0 Å². The zero-order valence-corrected chi connectivity index (χ0v) is 19.1. The smallest absolute Gasteiger partial charge is 0.258 e. The SMILES string of the molecule is NS(=O)(=O)c1ccc(-c2c(-c3ccc([N+](=O)[O-])cc3)c(C(F)(F)F)nn2-c2ccc([N+](=O)[O-])cc2)cc1. The molecule has 3 aromatic carbocycles. The quantitative estimate of drug-likeness (QED) is 0.277. The number of non-ortho nitro benzene ring substituents is 2. The molecule has 11 nitrogen and oxygen atoms in total. The second kappa shape index (κ2) is 9.11. The zero-order valence-electron chi connectivity index (χ0n) is 18.3. The van der Waals surface area contributed by atoms with Crippen molar-refractivity contribution in [3.8, 4) is 28.1 Å². The molecule has 1 heterocycles. The molecule has 0 bridgehead atoms. The van der Waals surface area contributed by atoms with Gasteiger partial charge in [0.2, 0.25) is 10.0 Å². The molecule has 0 aliphatic rings. The van der Waals surface area contributed by atoms with Crippen LogP contribution in [0.3, 0.4) is 0 Å². The highest BCUT2D eigenvalue weighted by Crippen LogP contribution is 2.44. The number of sulfonamides is 1. The Balaban J connectivity index is 2.05. The first-order valence-electron chi connectivity index (χ1n) is 10.1. The normalized spacial score (nSPS) is 11.9. The molecular weight excluding hydrogens is 519 g/mol. The summed E-state index contributed by atoms with van der Waals surface area (Å²) in [5.74, 6) is 0. The molecule has 4 aromatic rings. The van der Waals surface area contributed by atoms with Crippen molar-refractivity contribution in [2.45, 2.75) is 11.1 Å². The van der Waals surface area contributed by atoms with Crippen molar-refractivity contribution in [1.29, 1.82) is 0 Å². The van der Waals surface area contributed by atoms with E-state index < -0.39 is 37.3 Å². The first-order valence-corrected chi connectivity index (χ1v) is 11.6. The number of halogens is 3. The average Bonchev–Trinajstić information content (AvgIpc) is 3.25. The molecule has 0 radical (unpaired) electrons. The van der Waals surface area contributed by atoms with Gasteiger partial charge in [0.25, 0.3) is 11.4 Å². The van der Waals surface area contributed by atoms with E-state index in [0.717, 1.165) is 53.2 Å². The summed E-state index contributed by atoms with van der Waals surface area (Å²) in [5.41, 5.74) is -2.49. The van der Waals surface area contributed by atoms with E-state index in [1.807, 2.05) is 0 Å². The lowest BCUT2D eigenvalue weighted by atomic mass is 9.98. The van der Waals surface area contributed by atoms with E-state index in [1.165, 1.54) is 24.3 Å². The van der Waals surface area contributed by atoms with Crippen LogP contribution in [0.1, 0.15) is 5.69 Å². The Morgan fingerprint density at radius 2 is 1.24 bits per heavy atom. The van der Waals surface area contributed by atoms with Gasteiger partial charge in [0.15, 0.2) is 5.69 Å². The number of primary sulfonamides is 1. The van der Waals surface area contributed by atoms with E-state index in [0.29, 0.717) is 0 Å². The zero-order chi connectivity index (χ0) is 27.1. The molecule has 37 heavy (non-hydrogen) atoms. The van der Waals surface area contributed by atoms with Crippen molar-refractivity contribution in [1.82, 2.24) is 9.78 Å². The maximum atomic E-state index is 14.2. The molecule has 0 aliphatic heterocycles. The summed E-state index contributed by atoms with van der Waals surface area (Å²) >= 11 is 0. The number of rotatable bonds is 6. The number of hydrogen-bond donors (Lipinski definition) is 1. The average molecular weight is 533 g/mol. The lowest BCUT2D eigenvalue weighted by Gasteiger charge is -2.12. The number of nitrogens with two attached hydrogens (primary N) is 1. The summed E-state index contributed by atoms with van der Waals surface area (Å²) in [4.78, 5) is 20.4. The number of nitro benzene ring substituents is 2. The minimum absolute atomic E-state index is 0.0368. The molecule has 2 N–H and O–H groups in total. The Morgan fingerprint density at radius 1 is 0.784 bits per heavy atom. The van der Waals surface area contributed by atoms with Gasteiger partial charge in [0.1, 0.15) is 0 Å². The van der Waals surface area contributed by atoms with Crippen LogP contribution in [0.5, 0.6) is 0 Å². The number of nitro groups is 2. The van der Waals surface area contributed by atoms with E-state index >= 15 is 0 Å². The van der Waals surface area contributed by atoms with Gasteiger partial charge in [-0.25, -0.2) is 18.2 Å². The molecule has 0 amide bonds. The van der Waals surface area contributed by atoms with Crippen LogP contribution in [0.15, 0.2) is 77.7 Å². The van der Waals surface area contributed by atoms with E-state index in [1.54, 1.807) is 0 Å². The Bertz CT molecular complexity index is 1620. The molecule has 1 aromatic heterocycles. The van der Waals surface area contributed by atoms with E-state index in [2.05, 4.69) is 5.10 Å². The minimum Gasteiger partial charge on any atom is -0.258 e.